The van der Waals surface area contributed by atoms with Crippen molar-refractivity contribution in [2.75, 3.05) is 0 Å². The highest BCUT2D eigenvalue weighted by Crippen LogP contribution is 2.37. The molecule has 4 rings (SSSR count). The van der Waals surface area contributed by atoms with E-state index in [2.05, 4.69) is 10.1 Å². The third-order valence-electron chi connectivity index (χ3n) is 4.36. The summed E-state index contributed by atoms with van der Waals surface area (Å²) in [5.41, 5.74) is 5.01. The summed E-state index contributed by atoms with van der Waals surface area (Å²) in [6.07, 6.45) is 4.75. The summed E-state index contributed by atoms with van der Waals surface area (Å²) in [5, 5.41) is 21.7. The number of fused-ring (bicyclic) bond motifs is 1. The van der Waals surface area contributed by atoms with Crippen LogP contribution in [0.1, 0.15) is 28.1 Å². The molecular formula is C19H14N2O4. The number of carbonyl (C=O) groups is 1. The van der Waals surface area contributed by atoms with E-state index in [4.69, 9.17) is 9.62 Å². The van der Waals surface area contributed by atoms with Gasteiger partial charge < -0.3 is 14.7 Å². The molecule has 0 radical (unpaired) electrons. The summed E-state index contributed by atoms with van der Waals surface area (Å²) >= 11 is 0. The lowest BCUT2D eigenvalue weighted by molar-refractivity contribution is 0.0663. The number of hydrogen-bond acceptors (Lipinski definition) is 5. The van der Waals surface area contributed by atoms with Gasteiger partial charge in [0, 0.05) is 29.1 Å². The molecule has 1 aliphatic rings. The van der Waals surface area contributed by atoms with Crippen molar-refractivity contribution in [1.29, 1.82) is 0 Å². The highest BCUT2D eigenvalue weighted by Gasteiger charge is 2.22. The highest BCUT2D eigenvalue weighted by atomic mass is 16.4. The molecule has 1 aliphatic carbocycles. The average Bonchev–Trinajstić information content (AvgIpc) is 3.26. The summed E-state index contributed by atoms with van der Waals surface area (Å²) in [4.78, 5) is 15.3. The van der Waals surface area contributed by atoms with Crippen LogP contribution in [0.4, 0.5) is 0 Å². The molecule has 2 N–H and O–H groups in total. The molecule has 0 atom stereocenters. The minimum atomic E-state index is -1.11. The lowest BCUT2D eigenvalue weighted by Gasteiger charge is -2.06. The first kappa shape index (κ1) is 15.1. The van der Waals surface area contributed by atoms with Crippen molar-refractivity contribution in [3.8, 4) is 22.5 Å². The predicted molar refractivity (Wildman–Crippen MR) is 91.0 cm³/mol. The van der Waals surface area contributed by atoms with Crippen LogP contribution in [0.2, 0.25) is 0 Å². The number of hydrogen-bond donors (Lipinski definition) is 2. The molecule has 0 aliphatic heterocycles. The molecule has 0 unspecified atom stereocenters. The SMILES string of the molecule is O=C(O)c1cc(-c2ccc3c(c2)CCC3=NO)c(-c2ccncc2)o1. The number of oxime groups is 1. The fourth-order valence-corrected chi connectivity index (χ4v) is 3.17. The second-order valence-corrected chi connectivity index (χ2v) is 5.81. The largest absolute Gasteiger partial charge is 0.475 e. The monoisotopic (exact) mass is 334 g/mol. The van der Waals surface area contributed by atoms with Crippen molar-refractivity contribution in [3.63, 3.8) is 0 Å². The first-order chi connectivity index (χ1) is 12.2. The normalized spacial score (nSPS) is 14.6. The van der Waals surface area contributed by atoms with Crippen LogP contribution < -0.4 is 0 Å². The third kappa shape index (κ3) is 2.57. The molecule has 0 saturated carbocycles. The van der Waals surface area contributed by atoms with Crippen molar-refractivity contribution in [2.24, 2.45) is 5.16 Å². The molecule has 0 bridgehead atoms. The fraction of sp³-hybridized carbons (Fsp3) is 0.105. The number of carboxylic acid groups (broad SMARTS) is 1. The van der Waals surface area contributed by atoms with Gasteiger partial charge in [0.25, 0.3) is 0 Å². The molecule has 6 nitrogen and oxygen atoms in total. The molecule has 0 saturated heterocycles. The quantitative estimate of drug-likeness (QED) is 0.560. The summed E-state index contributed by atoms with van der Waals surface area (Å²) in [6.45, 7) is 0. The van der Waals surface area contributed by atoms with Gasteiger partial charge in [-0.15, -0.1) is 0 Å². The first-order valence-corrected chi connectivity index (χ1v) is 7.79. The van der Waals surface area contributed by atoms with Crippen molar-refractivity contribution in [3.05, 3.63) is 65.7 Å². The standard InChI is InChI=1S/C19H14N2O4/c22-19(23)17-10-15(18(25-17)11-5-7-20-8-6-11)13-1-3-14-12(9-13)2-4-16(14)21-24/h1,3,5-10,24H,2,4H2,(H,22,23). The second-order valence-electron chi connectivity index (χ2n) is 5.81. The van der Waals surface area contributed by atoms with Crippen molar-refractivity contribution >= 4 is 11.7 Å². The molecule has 0 fully saturated rings. The molecular weight excluding hydrogens is 320 g/mol. The number of aryl methyl sites for hydroxylation is 1. The van der Waals surface area contributed by atoms with Gasteiger partial charge in [-0.25, -0.2) is 4.79 Å². The minimum absolute atomic E-state index is 0.111. The lowest BCUT2D eigenvalue weighted by Crippen LogP contribution is -1.94. The van der Waals surface area contributed by atoms with Crippen molar-refractivity contribution in [2.45, 2.75) is 12.8 Å². The number of carboxylic acids is 1. The Balaban J connectivity index is 1.87. The highest BCUT2D eigenvalue weighted by molar-refractivity contribution is 6.04. The Bertz CT molecular complexity index is 990. The smallest absolute Gasteiger partial charge is 0.371 e. The summed E-state index contributed by atoms with van der Waals surface area (Å²) < 4.78 is 5.59. The van der Waals surface area contributed by atoms with Crippen LogP contribution in [-0.4, -0.2) is 27.0 Å². The molecule has 2 aromatic heterocycles. The molecule has 6 heteroatoms. The van der Waals surface area contributed by atoms with Crippen LogP contribution in [0.25, 0.3) is 22.5 Å². The van der Waals surface area contributed by atoms with E-state index in [9.17, 15) is 9.90 Å². The van der Waals surface area contributed by atoms with Gasteiger partial charge in [-0.1, -0.05) is 23.4 Å². The zero-order chi connectivity index (χ0) is 17.4. The Hall–Kier alpha value is -3.41. The van der Waals surface area contributed by atoms with E-state index in [-0.39, 0.29) is 5.76 Å². The van der Waals surface area contributed by atoms with E-state index >= 15 is 0 Å². The maximum Gasteiger partial charge on any atom is 0.371 e. The van der Waals surface area contributed by atoms with Gasteiger partial charge in [-0.3, -0.25) is 4.98 Å². The molecule has 124 valence electrons. The van der Waals surface area contributed by atoms with Crippen LogP contribution in [0.5, 0.6) is 0 Å². The number of benzene rings is 1. The Morgan fingerprint density at radius 3 is 2.56 bits per heavy atom. The van der Waals surface area contributed by atoms with E-state index in [0.717, 1.165) is 28.7 Å². The molecule has 1 aromatic carbocycles. The topological polar surface area (TPSA) is 95.9 Å². The fourth-order valence-electron chi connectivity index (χ4n) is 3.17. The van der Waals surface area contributed by atoms with E-state index in [1.165, 1.54) is 6.07 Å². The Labute approximate surface area is 143 Å². The number of aromatic nitrogens is 1. The van der Waals surface area contributed by atoms with Gasteiger partial charge in [-0.05, 0) is 42.2 Å². The summed E-state index contributed by atoms with van der Waals surface area (Å²) in [6, 6.07) is 10.9. The van der Waals surface area contributed by atoms with Gasteiger partial charge in [0.05, 0.1) is 5.71 Å². The van der Waals surface area contributed by atoms with Crippen LogP contribution in [-0.2, 0) is 6.42 Å². The average molecular weight is 334 g/mol. The van der Waals surface area contributed by atoms with Gasteiger partial charge in [0.1, 0.15) is 5.76 Å². The maximum atomic E-state index is 11.3. The summed E-state index contributed by atoms with van der Waals surface area (Å²) in [5.74, 6) is -0.730. The predicted octanol–water partition coefficient (Wildman–Crippen LogP) is 3.83. The first-order valence-electron chi connectivity index (χ1n) is 7.79. The molecule has 3 aromatic rings. The van der Waals surface area contributed by atoms with E-state index in [1.807, 2.05) is 18.2 Å². The third-order valence-corrected chi connectivity index (χ3v) is 4.36. The molecule has 25 heavy (non-hydrogen) atoms. The molecule has 0 spiro atoms. The van der Waals surface area contributed by atoms with Crippen LogP contribution >= 0.6 is 0 Å². The van der Waals surface area contributed by atoms with E-state index in [1.54, 1.807) is 24.5 Å². The van der Waals surface area contributed by atoms with Crippen molar-refractivity contribution in [1.82, 2.24) is 4.98 Å². The number of pyridine rings is 1. The van der Waals surface area contributed by atoms with Gasteiger partial charge in [0.15, 0.2) is 0 Å². The Morgan fingerprint density at radius 1 is 1.04 bits per heavy atom. The molecule has 2 heterocycles. The van der Waals surface area contributed by atoms with Gasteiger partial charge in [0.2, 0.25) is 5.76 Å². The van der Waals surface area contributed by atoms with Crippen molar-refractivity contribution < 1.29 is 19.5 Å². The Kier molecular flexibility index (Phi) is 3.57. The molecule has 0 amide bonds. The number of rotatable bonds is 3. The summed E-state index contributed by atoms with van der Waals surface area (Å²) in [7, 11) is 0. The van der Waals surface area contributed by atoms with Gasteiger partial charge >= 0.3 is 5.97 Å². The number of aromatic carboxylic acids is 1. The number of furan rings is 1. The maximum absolute atomic E-state index is 11.3. The van der Waals surface area contributed by atoms with E-state index < -0.39 is 5.97 Å². The van der Waals surface area contributed by atoms with E-state index in [0.29, 0.717) is 23.5 Å². The van der Waals surface area contributed by atoms with Crippen LogP contribution in [0, 0.1) is 0 Å². The number of nitrogens with zero attached hydrogens (tertiary/aromatic N) is 2. The second kappa shape index (κ2) is 5.90. The lowest BCUT2D eigenvalue weighted by atomic mass is 9.98. The zero-order valence-corrected chi connectivity index (χ0v) is 13.1. The zero-order valence-electron chi connectivity index (χ0n) is 13.1. The Morgan fingerprint density at radius 2 is 1.84 bits per heavy atom. The van der Waals surface area contributed by atoms with Gasteiger partial charge in [-0.2, -0.15) is 0 Å². The van der Waals surface area contributed by atoms with Crippen LogP contribution in [0.3, 0.4) is 0 Å². The minimum Gasteiger partial charge on any atom is -0.475 e. The van der Waals surface area contributed by atoms with Crippen LogP contribution in [0.15, 0.2) is 58.4 Å².